The third kappa shape index (κ3) is 2.60. The number of hydrogen-bond donors (Lipinski definition) is 1. The van der Waals surface area contributed by atoms with Gasteiger partial charge in [0.1, 0.15) is 0 Å². The molecule has 2 nitrogen and oxygen atoms in total. The summed E-state index contributed by atoms with van der Waals surface area (Å²) in [6.07, 6.45) is 5.46. The summed E-state index contributed by atoms with van der Waals surface area (Å²) in [5.41, 5.74) is 0.362. The van der Waals surface area contributed by atoms with Crippen LogP contribution in [0.5, 0.6) is 0 Å². The second-order valence-corrected chi connectivity index (χ2v) is 6.21. The minimum Gasteiger partial charge on any atom is -0.315 e. The molecule has 1 saturated carbocycles. The van der Waals surface area contributed by atoms with Crippen molar-refractivity contribution in [2.45, 2.75) is 58.0 Å². The molecule has 0 aromatic heterocycles. The Kier molecular flexibility index (Phi) is 4.81. The third-order valence-corrected chi connectivity index (χ3v) is 4.46. The molecule has 0 bridgehead atoms. The van der Waals surface area contributed by atoms with Gasteiger partial charge < -0.3 is 10.2 Å². The van der Waals surface area contributed by atoms with Crippen LogP contribution < -0.4 is 5.32 Å². The van der Waals surface area contributed by atoms with Crippen molar-refractivity contribution < 1.29 is 0 Å². The van der Waals surface area contributed by atoms with Gasteiger partial charge in [-0.15, -0.1) is 0 Å². The lowest BCUT2D eigenvalue weighted by atomic mass is 9.68. The van der Waals surface area contributed by atoms with Gasteiger partial charge in [-0.25, -0.2) is 0 Å². The quantitative estimate of drug-likeness (QED) is 0.793. The fraction of sp³-hybridized carbons (Fsp3) is 1.00. The van der Waals surface area contributed by atoms with E-state index in [-0.39, 0.29) is 0 Å². The molecule has 3 unspecified atom stereocenters. The van der Waals surface area contributed by atoms with Crippen LogP contribution in [0.25, 0.3) is 0 Å². The number of nitrogens with zero attached hydrogens (tertiary/aromatic N) is 1. The zero-order chi connectivity index (χ0) is 12.3. The van der Waals surface area contributed by atoms with E-state index in [4.69, 9.17) is 0 Å². The standard InChI is InChI=1S/C14H30N2/c1-11(2)13(15-4)14(16(5)6)9-7-8-12(3)10-14/h11-13,15H,7-10H2,1-6H3. The molecular weight excluding hydrogens is 196 g/mol. The van der Waals surface area contributed by atoms with Gasteiger partial charge in [0.15, 0.2) is 0 Å². The van der Waals surface area contributed by atoms with Gasteiger partial charge in [0.05, 0.1) is 0 Å². The summed E-state index contributed by atoms with van der Waals surface area (Å²) in [6.45, 7) is 7.09. The van der Waals surface area contributed by atoms with E-state index >= 15 is 0 Å². The molecule has 1 N–H and O–H groups in total. The van der Waals surface area contributed by atoms with Gasteiger partial charge in [-0.1, -0.05) is 33.6 Å². The van der Waals surface area contributed by atoms with E-state index in [0.717, 1.165) is 5.92 Å². The fourth-order valence-electron chi connectivity index (χ4n) is 3.75. The van der Waals surface area contributed by atoms with E-state index in [1.807, 2.05) is 0 Å². The topological polar surface area (TPSA) is 15.3 Å². The highest BCUT2D eigenvalue weighted by Crippen LogP contribution is 2.40. The predicted octanol–water partition coefficient (Wildman–Crippen LogP) is 2.74. The molecule has 0 radical (unpaired) electrons. The zero-order valence-corrected chi connectivity index (χ0v) is 12.0. The van der Waals surface area contributed by atoms with Crippen LogP contribution in [-0.2, 0) is 0 Å². The molecule has 0 amide bonds. The van der Waals surface area contributed by atoms with Gasteiger partial charge in [-0.05, 0) is 45.8 Å². The van der Waals surface area contributed by atoms with Crippen LogP contribution in [0.3, 0.4) is 0 Å². The van der Waals surface area contributed by atoms with Crippen LogP contribution in [0.4, 0.5) is 0 Å². The molecule has 3 atom stereocenters. The van der Waals surface area contributed by atoms with Crippen molar-refractivity contribution in [3.8, 4) is 0 Å². The molecule has 0 saturated heterocycles. The molecular formula is C14H30N2. The first-order valence-corrected chi connectivity index (χ1v) is 6.78. The average molecular weight is 226 g/mol. The highest BCUT2D eigenvalue weighted by atomic mass is 15.2. The summed E-state index contributed by atoms with van der Waals surface area (Å²) in [7, 11) is 6.63. The molecule has 1 aliphatic carbocycles. The van der Waals surface area contributed by atoms with Crippen LogP contribution in [0.1, 0.15) is 46.5 Å². The molecule has 0 spiro atoms. The van der Waals surface area contributed by atoms with Crippen molar-refractivity contribution in [2.24, 2.45) is 11.8 Å². The minimum atomic E-state index is 0.362. The molecule has 0 aromatic rings. The fourth-order valence-corrected chi connectivity index (χ4v) is 3.75. The molecule has 1 aliphatic rings. The Balaban J connectivity index is 2.94. The summed E-state index contributed by atoms with van der Waals surface area (Å²) in [5.74, 6) is 1.56. The van der Waals surface area contributed by atoms with Crippen LogP contribution in [0.2, 0.25) is 0 Å². The average Bonchev–Trinajstić information content (AvgIpc) is 2.17. The van der Waals surface area contributed by atoms with Crippen molar-refractivity contribution in [2.75, 3.05) is 21.1 Å². The Morgan fingerprint density at radius 3 is 2.31 bits per heavy atom. The van der Waals surface area contributed by atoms with Crippen molar-refractivity contribution in [1.29, 1.82) is 0 Å². The summed E-state index contributed by atoms with van der Waals surface area (Å²) >= 11 is 0. The van der Waals surface area contributed by atoms with Gasteiger partial charge in [0.25, 0.3) is 0 Å². The predicted molar refractivity (Wildman–Crippen MR) is 71.7 cm³/mol. The highest BCUT2D eigenvalue weighted by Gasteiger charge is 2.43. The van der Waals surface area contributed by atoms with Crippen LogP contribution in [0, 0.1) is 11.8 Å². The third-order valence-electron chi connectivity index (χ3n) is 4.46. The Morgan fingerprint density at radius 2 is 1.94 bits per heavy atom. The van der Waals surface area contributed by atoms with E-state index < -0.39 is 0 Å². The Bertz CT molecular complexity index is 213. The highest BCUT2D eigenvalue weighted by molar-refractivity contribution is 5.02. The SMILES string of the molecule is CNC(C(C)C)C1(N(C)C)CCCC(C)C1. The van der Waals surface area contributed by atoms with Crippen molar-refractivity contribution >= 4 is 0 Å². The maximum absolute atomic E-state index is 3.57. The van der Waals surface area contributed by atoms with Gasteiger partial charge >= 0.3 is 0 Å². The summed E-state index contributed by atoms with van der Waals surface area (Å²) in [6, 6.07) is 0.602. The lowest BCUT2D eigenvalue weighted by Gasteiger charge is -2.51. The Hall–Kier alpha value is -0.0800. The number of rotatable bonds is 4. The van der Waals surface area contributed by atoms with Gasteiger partial charge in [-0.3, -0.25) is 0 Å². The van der Waals surface area contributed by atoms with Crippen LogP contribution in [0.15, 0.2) is 0 Å². The first-order chi connectivity index (χ1) is 7.44. The van der Waals surface area contributed by atoms with Crippen molar-refractivity contribution in [1.82, 2.24) is 10.2 Å². The monoisotopic (exact) mass is 226 g/mol. The van der Waals surface area contributed by atoms with Gasteiger partial charge in [0.2, 0.25) is 0 Å². The molecule has 0 heterocycles. The Labute approximate surface area is 102 Å². The van der Waals surface area contributed by atoms with Crippen LogP contribution in [-0.4, -0.2) is 37.6 Å². The maximum Gasteiger partial charge on any atom is 0.0361 e. The van der Waals surface area contributed by atoms with Gasteiger partial charge in [-0.2, -0.15) is 0 Å². The first-order valence-electron chi connectivity index (χ1n) is 6.78. The Morgan fingerprint density at radius 1 is 1.31 bits per heavy atom. The molecule has 96 valence electrons. The molecule has 0 aromatic carbocycles. The number of nitrogens with one attached hydrogen (secondary N) is 1. The number of likely N-dealkylation sites (N-methyl/N-ethyl adjacent to an activating group) is 2. The zero-order valence-electron chi connectivity index (χ0n) is 12.0. The maximum atomic E-state index is 3.57. The van der Waals surface area contributed by atoms with Crippen molar-refractivity contribution in [3.05, 3.63) is 0 Å². The lowest BCUT2D eigenvalue weighted by molar-refractivity contribution is 0.0240. The second kappa shape index (κ2) is 5.50. The second-order valence-electron chi connectivity index (χ2n) is 6.21. The molecule has 16 heavy (non-hydrogen) atoms. The smallest absolute Gasteiger partial charge is 0.0361 e. The normalized spacial score (nSPS) is 33.4. The van der Waals surface area contributed by atoms with Crippen LogP contribution >= 0.6 is 0 Å². The van der Waals surface area contributed by atoms with E-state index in [2.05, 4.69) is 52.1 Å². The van der Waals surface area contributed by atoms with E-state index in [1.54, 1.807) is 0 Å². The molecule has 0 aliphatic heterocycles. The van der Waals surface area contributed by atoms with Gasteiger partial charge in [0, 0.05) is 11.6 Å². The first kappa shape index (κ1) is 14.0. The molecule has 1 rings (SSSR count). The largest absolute Gasteiger partial charge is 0.315 e. The van der Waals surface area contributed by atoms with E-state index in [0.29, 0.717) is 17.5 Å². The van der Waals surface area contributed by atoms with E-state index in [1.165, 1.54) is 25.7 Å². The van der Waals surface area contributed by atoms with Crippen molar-refractivity contribution in [3.63, 3.8) is 0 Å². The summed E-state index contributed by atoms with van der Waals surface area (Å²) < 4.78 is 0. The summed E-state index contributed by atoms with van der Waals surface area (Å²) in [5, 5.41) is 3.57. The number of hydrogen-bond acceptors (Lipinski definition) is 2. The van der Waals surface area contributed by atoms with E-state index in [9.17, 15) is 0 Å². The summed E-state index contributed by atoms with van der Waals surface area (Å²) in [4.78, 5) is 2.48. The minimum absolute atomic E-state index is 0.362. The molecule has 2 heteroatoms. The lowest BCUT2D eigenvalue weighted by Crippen LogP contribution is -2.62. The molecule has 1 fully saturated rings.